The largest absolute Gasteiger partial charge is 0.494 e. The van der Waals surface area contributed by atoms with Gasteiger partial charge in [-0.2, -0.15) is 0 Å². The van der Waals surface area contributed by atoms with E-state index in [9.17, 15) is 4.79 Å². The van der Waals surface area contributed by atoms with Crippen molar-refractivity contribution in [3.63, 3.8) is 0 Å². The molecule has 0 aliphatic heterocycles. The van der Waals surface area contributed by atoms with E-state index in [0.717, 1.165) is 28.9 Å². The van der Waals surface area contributed by atoms with Crippen LogP contribution in [0.25, 0.3) is 38.9 Å². The van der Waals surface area contributed by atoms with Gasteiger partial charge >= 0.3 is 0 Å². The van der Waals surface area contributed by atoms with Crippen LogP contribution in [0.5, 0.6) is 5.75 Å². The van der Waals surface area contributed by atoms with Crippen LogP contribution in [-0.2, 0) is 0 Å². The minimum absolute atomic E-state index is 0.0432. The molecule has 3 heterocycles. The van der Waals surface area contributed by atoms with Crippen LogP contribution in [-0.4, -0.2) is 30.7 Å². The number of para-hydroxylation sites is 2. The molecule has 7 heteroatoms. The Labute approximate surface area is 179 Å². The van der Waals surface area contributed by atoms with Crippen LogP contribution in [0.2, 0.25) is 0 Å². The van der Waals surface area contributed by atoms with Gasteiger partial charge in [-0.3, -0.25) is 13.9 Å². The molecule has 31 heavy (non-hydrogen) atoms. The second kappa shape index (κ2) is 7.50. The molecule has 0 N–H and O–H groups in total. The predicted molar refractivity (Wildman–Crippen MR) is 122 cm³/mol. The first-order valence-corrected chi connectivity index (χ1v) is 10.5. The molecule has 2 aromatic carbocycles. The number of aromatic nitrogens is 5. The molecule has 0 saturated carbocycles. The molecule has 0 fully saturated rings. The normalized spacial score (nSPS) is 12.6. The maximum Gasteiger partial charge on any atom is 0.265 e. The van der Waals surface area contributed by atoms with Crippen LogP contribution in [0.1, 0.15) is 33.2 Å². The van der Waals surface area contributed by atoms with Gasteiger partial charge < -0.3 is 4.74 Å². The molecule has 0 saturated heterocycles. The van der Waals surface area contributed by atoms with Crippen LogP contribution < -0.4 is 10.3 Å². The summed E-state index contributed by atoms with van der Waals surface area (Å²) in [6.45, 7) is 6.62. The Balaban J connectivity index is 1.89. The van der Waals surface area contributed by atoms with E-state index in [1.807, 2.05) is 66.9 Å². The van der Waals surface area contributed by atoms with Crippen molar-refractivity contribution in [1.82, 2.24) is 24.1 Å². The molecule has 1 atom stereocenters. The molecule has 0 radical (unpaired) electrons. The van der Waals surface area contributed by atoms with Crippen LogP contribution in [0.4, 0.5) is 0 Å². The van der Waals surface area contributed by atoms with Gasteiger partial charge in [0.2, 0.25) is 0 Å². The lowest BCUT2D eigenvalue weighted by Gasteiger charge is -2.12. The zero-order valence-electron chi connectivity index (χ0n) is 17.7. The van der Waals surface area contributed by atoms with E-state index in [1.54, 1.807) is 10.9 Å². The molecular formula is C24H23N5O2. The first-order valence-electron chi connectivity index (χ1n) is 10.5. The number of benzene rings is 2. The number of hydrogen-bond acceptors (Lipinski definition) is 5. The van der Waals surface area contributed by atoms with E-state index >= 15 is 0 Å². The second-order valence-electron chi connectivity index (χ2n) is 7.56. The Bertz CT molecular complexity index is 1470. The lowest BCUT2D eigenvalue weighted by molar-refractivity contribution is 0.340. The second-order valence-corrected chi connectivity index (χ2v) is 7.56. The topological polar surface area (TPSA) is 74.8 Å². The Kier molecular flexibility index (Phi) is 4.66. The molecule has 0 spiro atoms. The van der Waals surface area contributed by atoms with Crippen molar-refractivity contribution in [2.45, 2.75) is 33.2 Å². The summed E-state index contributed by atoms with van der Waals surface area (Å²) in [5.41, 5.74) is 4.01. The molecule has 1 unspecified atom stereocenters. The summed E-state index contributed by atoms with van der Waals surface area (Å²) in [6, 6.07) is 15.4. The summed E-state index contributed by atoms with van der Waals surface area (Å²) in [5.74, 6) is 0.788. The van der Waals surface area contributed by atoms with E-state index < -0.39 is 0 Å². The highest BCUT2D eigenvalue weighted by Gasteiger charge is 2.21. The third kappa shape index (κ3) is 3.04. The van der Waals surface area contributed by atoms with Gasteiger partial charge in [0.05, 0.1) is 17.6 Å². The van der Waals surface area contributed by atoms with E-state index in [2.05, 4.69) is 11.9 Å². The predicted octanol–water partition coefficient (Wildman–Crippen LogP) is 4.65. The summed E-state index contributed by atoms with van der Waals surface area (Å²) < 4.78 is 9.16. The van der Waals surface area contributed by atoms with Gasteiger partial charge in [0.1, 0.15) is 23.0 Å². The maximum absolute atomic E-state index is 13.5. The molecule has 0 aliphatic carbocycles. The highest BCUT2D eigenvalue weighted by molar-refractivity contribution is 6.05. The smallest absolute Gasteiger partial charge is 0.265 e. The van der Waals surface area contributed by atoms with Crippen molar-refractivity contribution in [2.75, 3.05) is 6.61 Å². The molecule has 0 amide bonds. The Morgan fingerprint density at radius 3 is 2.35 bits per heavy atom. The molecular weight excluding hydrogens is 390 g/mol. The van der Waals surface area contributed by atoms with Gasteiger partial charge in [-0.25, -0.2) is 15.0 Å². The van der Waals surface area contributed by atoms with Crippen molar-refractivity contribution < 1.29 is 4.74 Å². The highest BCUT2D eigenvalue weighted by atomic mass is 16.5. The van der Waals surface area contributed by atoms with Crippen molar-refractivity contribution in [3.8, 4) is 11.4 Å². The first kappa shape index (κ1) is 19.2. The van der Waals surface area contributed by atoms with Gasteiger partial charge in [0.25, 0.3) is 5.56 Å². The van der Waals surface area contributed by atoms with Crippen molar-refractivity contribution in [1.29, 1.82) is 0 Å². The van der Waals surface area contributed by atoms with Crippen LogP contribution in [0.15, 0.2) is 59.7 Å². The van der Waals surface area contributed by atoms with Crippen molar-refractivity contribution >= 4 is 33.2 Å². The molecule has 156 valence electrons. The number of fused-ring (bicyclic) bond motifs is 4. The molecule has 5 aromatic rings. The van der Waals surface area contributed by atoms with Crippen LogP contribution in [0, 0.1) is 0 Å². The first-order chi connectivity index (χ1) is 15.1. The zero-order valence-corrected chi connectivity index (χ0v) is 17.7. The average Bonchev–Trinajstić information content (AvgIpc) is 3.12. The number of ether oxygens (including phenoxy) is 1. The van der Waals surface area contributed by atoms with Crippen LogP contribution >= 0.6 is 0 Å². The fourth-order valence-electron chi connectivity index (χ4n) is 3.86. The molecule has 0 bridgehead atoms. The molecule has 0 aliphatic rings. The van der Waals surface area contributed by atoms with E-state index in [0.29, 0.717) is 28.8 Å². The van der Waals surface area contributed by atoms with Gasteiger partial charge in [-0.05, 0) is 56.7 Å². The fourth-order valence-corrected chi connectivity index (χ4v) is 3.86. The zero-order chi connectivity index (χ0) is 21.5. The van der Waals surface area contributed by atoms with Gasteiger partial charge in [-0.15, -0.1) is 0 Å². The fraction of sp³-hybridized carbons (Fsp3) is 0.250. The minimum atomic E-state index is -0.0985. The molecule has 3 aromatic heterocycles. The van der Waals surface area contributed by atoms with Crippen LogP contribution in [0.3, 0.4) is 0 Å². The monoisotopic (exact) mass is 413 g/mol. The van der Waals surface area contributed by atoms with E-state index in [-0.39, 0.29) is 11.6 Å². The Hall–Kier alpha value is -3.74. The third-order valence-electron chi connectivity index (χ3n) is 5.66. The maximum atomic E-state index is 13.5. The quantitative estimate of drug-likeness (QED) is 0.419. The number of hydrogen-bond donors (Lipinski definition) is 0. The number of rotatable bonds is 5. The summed E-state index contributed by atoms with van der Waals surface area (Å²) in [5, 5.41) is 0.491. The van der Waals surface area contributed by atoms with Gasteiger partial charge in [0.15, 0.2) is 11.3 Å². The highest BCUT2D eigenvalue weighted by Crippen LogP contribution is 2.29. The van der Waals surface area contributed by atoms with Crippen molar-refractivity contribution in [3.05, 3.63) is 65.2 Å². The molecule has 5 rings (SSSR count). The Morgan fingerprint density at radius 2 is 1.68 bits per heavy atom. The minimum Gasteiger partial charge on any atom is -0.494 e. The van der Waals surface area contributed by atoms with E-state index in [1.165, 1.54) is 0 Å². The van der Waals surface area contributed by atoms with Gasteiger partial charge in [0, 0.05) is 11.7 Å². The average molecular weight is 413 g/mol. The lowest BCUT2D eigenvalue weighted by atomic mass is 10.2. The van der Waals surface area contributed by atoms with Gasteiger partial charge in [-0.1, -0.05) is 19.1 Å². The lowest BCUT2D eigenvalue weighted by Crippen LogP contribution is -2.23. The summed E-state index contributed by atoms with van der Waals surface area (Å²) in [4.78, 5) is 27.9. The number of nitrogens with zero attached hydrogens (tertiary/aromatic N) is 5. The summed E-state index contributed by atoms with van der Waals surface area (Å²) >= 11 is 0. The summed E-state index contributed by atoms with van der Waals surface area (Å²) in [7, 11) is 0. The van der Waals surface area contributed by atoms with E-state index in [4.69, 9.17) is 14.7 Å². The SMILES string of the molecule is CCOc1ccc(-n2c3nc4ccccc4nc3c3c(=O)n(C(C)CC)cnc32)cc1. The summed E-state index contributed by atoms with van der Waals surface area (Å²) in [6.07, 6.45) is 2.46. The van der Waals surface area contributed by atoms with Crippen molar-refractivity contribution in [2.24, 2.45) is 0 Å². The Morgan fingerprint density at radius 1 is 0.968 bits per heavy atom. The third-order valence-corrected chi connectivity index (χ3v) is 5.66. The molecule has 7 nitrogen and oxygen atoms in total. The standard InChI is InChI=1S/C24H23N5O2/c1-4-15(3)28-14-25-22-20(24(28)30)21-23(27-19-9-7-6-8-18(19)26-21)29(22)16-10-12-17(13-11-16)31-5-2/h6-15H,4-5H2,1-3H3.